The maximum Gasteiger partial charge on any atom is 0.284 e. The molecule has 0 spiro atoms. The van der Waals surface area contributed by atoms with E-state index < -0.39 is 0 Å². The number of ether oxygens (including phenoxy) is 2. The summed E-state index contributed by atoms with van der Waals surface area (Å²) in [5.74, 6) is 1.12. The van der Waals surface area contributed by atoms with Gasteiger partial charge >= 0.3 is 0 Å². The number of thiophene rings is 1. The molecule has 3 aromatic rings. The molecule has 1 atom stereocenters. The molecule has 0 aliphatic carbocycles. The number of nitrogens with zero attached hydrogens (tertiary/aromatic N) is 2. The van der Waals surface area contributed by atoms with E-state index in [1.807, 2.05) is 53.9 Å². The van der Waals surface area contributed by atoms with Crippen LogP contribution in [0.4, 0.5) is 0 Å². The molecule has 29 heavy (non-hydrogen) atoms. The van der Waals surface area contributed by atoms with Crippen molar-refractivity contribution in [2.45, 2.75) is 12.5 Å². The molecular formula is C22H19ClN2O3S. The summed E-state index contributed by atoms with van der Waals surface area (Å²) in [5.41, 5.74) is 2.54. The minimum absolute atomic E-state index is 0.139. The van der Waals surface area contributed by atoms with Gasteiger partial charge in [-0.3, -0.25) is 4.79 Å². The molecule has 148 valence electrons. The lowest BCUT2D eigenvalue weighted by atomic mass is 9.98. The van der Waals surface area contributed by atoms with Gasteiger partial charge in [0.15, 0.2) is 11.5 Å². The Morgan fingerprint density at radius 2 is 1.90 bits per heavy atom. The molecule has 5 nitrogen and oxygen atoms in total. The lowest BCUT2D eigenvalue weighted by molar-refractivity contribution is 0.0716. The highest BCUT2D eigenvalue weighted by Crippen LogP contribution is 2.38. The van der Waals surface area contributed by atoms with E-state index in [-0.39, 0.29) is 11.9 Å². The zero-order chi connectivity index (χ0) is 20.4. The van der Waals surface area contributed by atoms with Crippen molar-refractivity contribution >= 4 is 34.6 Å². The van der Waals surface area contributed by atoms with E-state index in [0.29, 0.717) is 27.8 Å². The zero-order valence-electron chi connectivity index (χ0n) is 16.0. The predicted molar refractivity (Wildman–Crippen MR) is 115 cm³/mol. The molecule has 0 fully saturated rings. The summed E-state index contributed by atoms with van der Waals surface area (Å²) in [7, 11) is 3.19. The third-order valence-electron chi connectivity index (χ3n) is 4.83. The summed E-state index contributed by atoms with van der Waals surface area (Å²) >= 11 is 7.85. The Bertz CT molecular complexity index is 1070. The maximum atomic E-state index is 13.1. The van der Waals surface area contributed by atoms with E-state index in [4.69, 9.17) is 26.2 Å². The normalized spacial score (nSPS) is 15.9. The third kappa shape index (κ3) is 3.73. The monoisotopic (exact) mass is 426 g/mol. The van der Waals surface area contributed by atoms with Gasteiger partial charge in [0, 0.05) is 17.0 Å². The van der Waals surface area contributed by atoms with Gasteiger partial charge in [0.05, 0.1) is 30.9 Å². The van der Waals surface area contributed by atoms with Crippen molar-refractivity contribution in [2.75, 3.05) is 14.2 Å². The van der Waals surface area contributed by atoms with E-state index in [1.165, 1.54) is 11.3 Å². The van der Waals surface area contributed by atoms with Crippen LogP contribution in [0.25, 0.3) is 0 Å². The molecule has 0 radical (unpaired) electrons. The third-order valence-corrected chi connectivity index (χ3v) is 6.03. The van der Waals surface area contributed by atoms with Crippen LogP contribution < -0.4 is 9.47 Å². The van der Waals surface area contributed by atoms with Crippen molar-refractivity contribution in [3.8, 4) is 11.5 Å². The molecule has 0 saturated carbocycles. The minimum atomic E-state index is -0.276. The van der Waals surface area contributed by atoms with Crippen LogP contribution in [0.1, 0.15) is 33.3 Å². The smallest absolute Gasteiger partial charge is 0.284 e. The van der Waals surface area contributed by atoms with Crippen LogP contribution in [0.5, 0.6) is 11.5 Å². The molecule has 2 heterocycles. The van der Waals surface area contributed by atoms with Crippen molar-refractivity contribution < 1.29 is 14.3 Å². The van der Waals surface area contributed by atoms with Crippen LogP contribution in [-0.4, -0.2) is 30.8 Å². The minimum Gasteiger partial charge on any atom is -0.493 e. The molecule has 1 amide bonds. The Balaban J connectivity index is 1.75. The molecule has 1 aliphatic heterocycles. The first-order valence-corrected chi connectivity index (χ1v) is 10.3. The Morgan fingerprint density at radius 3 is 2.59 bits per heavy atom. The number of hydrogen-bond donors (Lipinski definition) is 0. The van der Waals surface area contributed by atoms with Gasteiger partial charge in [0.25, 0.3) is 5.91 Å². The van der Waals surface area contributed by atoms with Gasteiger partial charge in [0.2, 0.25) is 0 Å². The molecule has 1 aromatic heterocycles. The highest BCUT2D eigenvalue weighted by molar-refractivity contribution is 7.12. The summed E-state index contributed by atoms with van der Waals surface area (Å²) in [4.78, 5) is 13.8. The quantitative estimate of drug-likeness (QED) is 0.548. The summed E-state index contributed by atoms with van der Waals surface area (Å²) in [5, 5.41) is 8.73. The lowest BCUT2D eigenvalue weighted by Gasteiger charge is -2.22. The summed E-state index contributed by atoms with van der Waals surface area (Å²) in [6.45, 7) is 0. The molecule has 7 heteroatoms. The van der Waals surface area contributed by atoms with Gasteiger partial charge in [-0.2, -0.15) is 5.10 Å². The van der Waals surface area contributed by atoms with Crippen molar-refractivity contribution in [1.82, 2.24) is 5.01 Å². The molecule has 0 bridgehead atoms. The number of hydrazone groups is 1. The Kier molecular flexibility index (Phi) is 5.56. The SMILES string of the molecule is COc1ccc(C2=NN(C(=O)c3cccs3)[C@@H](c3ccccc3Cl)C2)cc1OC. The van der Waals surface area contributed by atoms with Crippen molar-refractivity contribution in [1.29, 1.82) is 0 Å². The second-order valence-corrected chi connectivity index (χ2v) is 7.84. The zero-order valence-corrected chi connectivity index (χ0v) is 17.5. The fourth-order valence-electron chi connectivity index (χ4n) is 3.39. The predicted octanol–water partition coefficient (Wildman–Crippen LogP) is 5.41. The standard InChI is InChI=1S/C22H19ClN2O3S/c1-27-19-10-9-14(12-20(19)28-2)17-13-18(15-6-3-4-7-16(15)23)25(24-17)22(26)21-8-5-11-29-21/h3-12,18H,13H2,1-2H3/t18-/m1/s1. The number of halogens is 1. The summed E-state index contributed by atoms with van der Waals surface area (Å²) in [6.07, 6.45) is 0.552. The van der Waals surface area contributed by atoms with Crippen LogP contribution in [0.3, 0.4) is 0 Å². The first-order valence-electron chi connectivity index (χ1n) is 9.03. The molecule has 4 rings (SSSR count). The largest absolute Gasteiger partial charge is 0.493 e. The van der Waals surface area contributed by atoms with Gasteiger partial charge in [0.1, 0.15) is 0 Å². The number of carbonyl (C=O) groups excluding carboxylic acids is 1. The van der Waals surface area contributed by atoms with Gasteiger partial charge in [-0.25, -0.2) is 5.01 Å². The highest BCUT2D eigenvalue weighted by atomic mass is 35.5. The summed E-state index contributed by atoms with van der Waals surface area (Å²) < 4.78 is 10.7. The van der Waals surface area contributed by atoms with E-state index >= 15 is 0 Å². The van der Waals surface area contributed by atoms with Crippen LogP contribution in [0.2, 0.25) is 5.02 Å². The topological polar surface area (TPSA) is 51.1 Å². The van der Waals surface area contributed by atoms with Gasteiger partial charge in [-0.1, -0.05) is 35.9 Å². The van der Waals surface area contributed by atoms with Crippen LogP contribution in [0.15, 0.2) is 65.1 Å². The lowest BCUT2D eigenvalue weighted by Crippen LogP contribution is -2.26. The van der Waals surface area contributed by atoms with Crippen molar-refractivity contribution in [3.63, 3.8) is 0 Å². The Hall–Kier alpha value is -2.83. The number of carbonyl (C=O) groups is 1. The van der Waals surface area contributed by atoms with Crippen LogP contribution >= 0.6 is 22.9 Å². The highest BCUT2D eigenvalue weighted by Gasteiger charge is 2.35. The molecule has 0 saturated heterocycles. The second kappa shape index (κ2) is 8.27. The fraction of sp³-hybridized carbons (Fsp3) is 0.182. The fourth-order valence-corrected chi connectivity index (χ4v) is 4.31. The number of methoxy groups -OCH3 is 2. The van der Waals surface area contributed by atoms with Crippen molar-refractivity contribution in [2.24, 2.45) is 5.10 Å². The molecular weight excluding hydrogens is 408 g/mol. The Morgan fingerprint density at radius 1 is 1.10 bits per heavy atom. The number of amides is 1. The van der Waals surface area contributed by atoms with Gasteiger partial charge in [-0.15, -0.1) is 11.3 Å². The van der Waals surface area contributed by atoms with E-state index in [2.05, 4.69) is 0 Å². The van der Waals surface area contributed by atoms with E-state index in [1.54, 1.807) is 25.3 Å². The average Bonchev–Trinajstić information content (AvgIpc) is 3.43. The molecule has 0 N–H and O–H groups in total. The first kappa shape index (κ1) is 19.5. The molecule has 2 aromatic carbocycles. The van der Waals surface area contributed by atoms with E-state index in [0.717, 1.165) is 16.8 Å². The summed E-state index contributed by atoms with van der Waals surface area (Å²) in [6, 6.07) is 16.6. The van der Waals surface area contributed by atoms with E-state index in [9.17, 15) is 4.79 Å². The second-order valence-electron chi connectivity index (χ2n) is 6.48. The van der Waals surface area contributed by atoms with Crippen LogP contribution in [0, 0.1) is 0 Å². The number of rotatable bonds is 5. The maximum absolute atomic E-state index is 13.1. The Labute approximate surface area is 178 Å². The number of benzene rings is 2. The van der Waals surface area contributed by atoms with Gasteiger partial charge < -0.3 is 9.47 Å². The van der Waals surface area contributed by atoms with Crippen LogP contribution in [-0.2, 0) is 0 Å². The first-order chi connectivity index (χ1) is 14.1. The number of hydrogen-bond acceptors (Lipinski definition) is 5. The van der Waals surface area contributed by atoms with Crippen molar-refractivity contribution in [3.05, 3.63) is 81.0 Å². The average molecular weight is 427 g/mol. The van der Waals surface area contributed by atoms with Gasteiger partial charge in [-0.05, 0) is 41.3 Å². The molecule has 1 aliphatic rings. The molecule has 0 unspecified atom stereocenters.